The van der Waals surface area contributed by atoms with Crippen LogP contribution in [0.15, 0.2) is 58.2 Å². The van der Waals surface area contributed by atoms with Crippen LogP contribution < -0.4 is 4.74 Å². The molecule has 1 aliphatic rings. The maximum absolute atomic E-state index is 5.96. The SMILES string of the molecule is COc1ccc(-c2nnc(SCc3nc(-c4ccc(Cl)cc4)no3)n2C[C@@H]2CCCO2)cc1. The van der Waals surface area contributed by atoms with E-state index in [9.17, 15) is 0 Å². The second kappa shape index (κ2) is 9.94. The maximum atomic E-state index is 5.96. The van der Waals surface area contributed by atoms with Crippen molar-refractivity contribution in [1.82, 2.24) is 24.9 Å². The molecule has 0 saturated carbocycles. The van der Waals surface area contributed by atoms with Gasteiger partial charge >= 0.3 is 0 Å². The number of ether oxygens (including phenoxy) is 2. The first-order chi connectivity index (χ1) is 16.2. The fourth-order valence-corrected chi connectivity index (χ4v) is 4.57. The summed E-state index contributed by atoms with van der Waals surface area (Å²) >= 11 is 7.47. The molecule has 2 aromatic carbocycles. The molecule has 1 saturated heterocycles. The van der Waals surface area contributed by atoms with Crippen molar-refractivity contribution < 1.29 is 14.0 Å². The van der Waals surface area contributed by atoms with Crippen molar-refractivity contribution in [2.45, 2.75) is 36.4 Å². The molecule has 2 aromatic heterocycles. The summed E-state index contributed by atoms with van der Waals surface area (Å²) in [6, 6.07) is 15.1. The highest BCUT2D eigenvalue weighted by Crippen LogP contribution is 2.29. The van der Waals surface area contributed by atoms with Gasteiger partial charge in [0.25, 0.3) is 0 Å². The van der Waals surface area contributed by atoms with Gasteiger partial charge in [0, 0.05) is 22.8 Å². The quantitative estimate of drug-likeness (QED) is 0.319. The predicted octanol–water partition coefficient (Wildman–Crippen LogP) is 5.13. The van der Waals surface area contributed by atoms with Gasteiger partial charge in [0.05, 0.1) is 25.5 Å². The summed E-state index contributed by atoms with van der Waals surface area (Å²) in [5, 5.41) is 14.5. The first kappa shape index (κ1) is 21.9. The van der Waals surface area contributed by atoms with Gasteiger partial charge in [-0.2, -0.15) is 4.98 Å². The van der Waals surface area contributed by atoms with E-state index in [1.165, 1.54) is 11.8 Å². The van der Waals surface area contributed by atoms with Gasteiger partial charge < -0.3 is 14.0 Å². The predicted molar refractivity (Wildman–Crippen MR) is 125 cm³/mol. The standard InChI is InChI=1S/C23H22ClN5O3S/c1-30-18-10-6-16(7-11-18)22-26-27-23(29(22)13-19-3-2-12-31-19)33-14-20-25-21(28-32-20)15-4-8-17(24)9-5-15/h4-11,19H,2-3,12-14H2,1H3/t19-/m0/s1. The van der Waals surface area contributed by atoms with E-state index in [2.05, 4.69) is 24.9 Å². The van der Waals surface area contributed by atoms with Gasteiger partial charge in [-0.1, -0.05) is 28.5 Å². The number of hydrogen-bond donors (Lipinski definition) is 0. The molecule has 0 amide bonds. The summed E-state index contributed by atoms with van der Waals surface area (Å²) in [6.07, 6.45) is 2.25. The van der Waals surface area contributed by atoms with Crippen molar-refractivity contribution in [2.24, 2.45) is 0 Å². The van der Waals surface area contributed by atoms with Crippen LogP contribution in [-0.2, 0) is 17.0 Å². The topological polar surface area (TPSA) is 88.1 Å². The van der Waals surface area contributed by atoms with Crippen LogP contribution in [0.4, 0.5) is 0 Å². The number of benzene rings is 2. The van der Waals surface area contributed by atoms with E-state index in [0.717, 1.165) is 47.3 Å². The van der Waals surface area contributed by atoms with Crippen LogP contribution in [0.3, 0.4) is 0 Å². The van der Waals surface area contributed by atoms with Crippen molar-refractivity contribution in [2.75, 3.05) is 13.7 Å². The van der Waals surface area contributed by atoms with Crippen molar-refractivity contribution in [3.63, 3.8) is 0 Å². The summed E-state index contributed by atoms with van der Waals surface area (Å²) < 4.78 is 18.7. The molecule has 0 spiro atoms. The van der Waals surface area contributed by atoms with E-state index in [1.54, 1.807) is 19.2 Å². The smallest absolute Gasteiger partial charge is 0.237 e. The zero-order chi connectivity index (χ0) is 22.6. The minimum Gasteiger partial charge on any atom is -0.497 e. The minimum absolute atomic E-state index is 0.150. The Hall–Kier alpha value is -2.88. The third-order valence-corrected chi connectivity index (χ3v) is 6.57. The summed E-state index contributed by atoms with van der Waals surface area (Å²) in [5.41, 5.74) is 1.82. The van der Waals surface area contributed by atoms with Crippen molar-refractivity contribution in [3.05, 3.63) is 59.4 Å². The van der Waals surface area contributed by atoms with E-state index in [-0.39, 0.29) is 6.10 Å². The van der Waals surface area contributed by atoms with Gasteiger partial charge in [0.1, 0.15) is 5.75 Å². The van der Waals surface area contributed by atoms with E-state index in [1.807, 2.05) is 36.4 Å². The molecule has 33 heavy (non-hydrogen) atoms. The average molecular weight is 484 g/mol. The van der Waals surface area contributed by atoms with Gasteiger partial charge in [-0.05, 0) is 61.4 Å². The number of aromatic nitrogens is 5. The van der Waals surface area contributed by atoms with Crippen LogP contribution in [0.5, 0.6) is 5.75 Å². The first-order valence-electron chi connectivity index (χ1n) is 10.6. The molecule has 1 atom stereocenters. The summed E-state index contributed by atoms with van der Waals surface area (Å²) in [5.74, 6) is 3.12. The second-order valence-electron chi connectivity index (χ2n) is 7.59. The van der Waals surface area contributed by atoms with E-state index >= 15 is 0 Å². The zero-order valence-corrected chi connectivity index (χ0v) is 19.6. The second-order valence-corrected chi connectivity index (χ2v) is 8.97. The molecule has 0 N–H and O–H groups in total. The third kappa shape index (κ3) is 5.05. The van der Waals surface area contributed by atoms with Crippen molar-refractivity contribution in [3.8, 4) is 28.5 Å². The van der Waals surface area contributed by atoms with Gasteiger partial charge in [0.2, 0.25) is 11.7 Å². The zero-order valence-electron chi connectivity index (χ0n) is 18.0. The highest BCUT2D eigenvalue weighted by molar-refractivity contribution is 7.98. The number of halogens is 1. The average Bonchev–Trinajstić information content (AvgIpc) is 3.61. The lowest BCUT2D eigenvalue weighted by Crippen LogP contribution is -2.16. The summed E-state index contributed by atoms with van der Waals surface area (Å²) in [4.78, 5) is 4.50. The lowest BCUT2D eigenvalue weighted by atomic mass is 10.2. The fraction of sp³-hybridized carbons (Fsp3) is 0.304. The molecule has 8 nitrogen and oxygen atoms in total. The van der Waals surface area contributed by atoms with Crippen molar-refractivity contribution >= 4 is 23.4 Å². The Balaban J connectivity index is 1.36. The minimum atomic E-state index is 0.150. The Bertz CT molecular complexity index is 1200. The third-order valence-electron chi connectivity index (χ3n) is 5.37. The summed E-state index contributed by atoms with van der Waals surface area (Å²) in [6.45, 7) is 1.49. The fourth-order valence-electron chi connectivity index (χ4n) is 3.66. The molecule has 0 radical (unpaired) electrons. The lowest BCUT2D eigenvalue weighted by molar-refractivity contribution is 0.0953. The van der Waals surface area contributed by atoms with Crippen LogP contribution in [0.25, 0.3) is 22.8 Å². The Morgan fingerprint density at radius 1 is 1.09 bits per heavy atom. The maximum Gasteiger partial charge on any atom is 0.237 e. The molecule has 1 aliphatic heterocycles. The van der Waals surface area contributed by atoms with Crippen LogP contribution >= 0.6 is 23.4 Å². The molecule has 4 aromatic rings. The number of methoxy groups -OCH3 is 1. The van der Waals surface area contributed by atoms with E-state index in [4.69, 9.17) is 25.6 Å². The van der Waals surface area contributed by atoms with Crippen LogP contribution in [0.1, 0.15) is 18.7 Å². The first-order valence-corrected chi connectivity index (χ1v) is 12.0. The lowest BCUT2D eigenvalue weighted by Gasteiger charge is -2.14. The Labute approximate surface area is 200 Å². The van der Waals surface area contributed by atoms with Gasteiger partial charge in [-0.3, -0.25) is 4.57 Å². The van der Waals surface area contributed by atoms with Gasteiger partial charge in [0.15, 0.2) is 11.0 Å². The number of nitrogens with zero attached hydrogens (tertiary/aromatic N) is 5. The number of rotatable bonds is 8. The van der Waals surface area contributed by atoms with E-state index in [0.29, 0.717) is 29.0 Å². The Morgan fingerprint density at radius 3 is 2.61 bits per heavy atom. The molecule has 3 heterocycles. The Kier molecular flexibility index (Phi) is 6.61. The summed E-state index contributed by atoms with van der Waals surface area (Å²) in [7, 11) is 1.65. The van der Waals surface area contributed by atoms with Crippen LogP contribution in [0, 0.1) is 0 Å². The molecule has 5 rings (SSSR count). The van der Waals surface area contributed by atoms with Crippen LogP contribution in [-0.4, -0.2) is 44.7 Å². The van der Waals surface area contributed by atoms with Gasteiger partial charge in [-0.15, -0.1) is 10.2 Å². The molecule has 10 heteroatoms. The molecule has 0 bridgehead atoms. The Morgan fingerprint density at radius 2 is 1.88 bits per heavy atom. The normalized spacial score (nSPS) is 15.8. The van der Waals surface area contributed by atoms with Gasteiger partial charge in [-0.25, -0.2) is 0 Å². The van der Waals surface area contributed by atoms with Crippen molar-refractivity contribution in [1.29, 1.82) is 0 Å². The highest BCUT2D eigenvalue weighted by atomic mass is 35.5. The van der Waals surface area contributed by atoms with Crippen LogP contribution in [0.2, 0.25) is 5.02 Å². The molecule has 1 fully saturated rings. The number of thioether (sulfide) groups is 1. The molecule has 170 valence electrons. The monoisotopic (exact) mass is 483 g/mol. The molecular weight excluding hydrogens is 462 g/mol. The number of hydrogen-bond acceptors (Lipinski definition) is 8. The molecular formula is C23H22ClN5O3S. The molecule has 0 aliphatic carbocycles. The molecule has 0 unspecified atom stereocenters. The van der Waals surface area contributed by atoms with E-state index < -0.39 is 0 Å². The largest absolute Gasteiger partial charge is 0.497 e. The highest BCUT2D eigenvalue weighted by Gasteiger charge is 2.22.